The third-order valence-corrected chi connectivity index (χ3v) is 9.14. The van der Waals surface area contributed by atoms with E-state index in [0.29, 0.717) is 42.6 Å². The molecular weight excluding hydrogens is 577 g/mol. The summed E-state index contributed by atoms with van der Waals surface area (Å²) in [7, 11) is 0. The van der Waals surface area contributed by atoms with E-state index in [1.807, 2.05) is 38.6 Å². The zero-order chi connectivity index (χ0) is 32.4. The number of allylic oxidation sites excluding steroid dienone is 1. The molecule has 252 valence electrons. The molecule has 0 bridgehead atoms. The summed E-state index contributed by atoms with van der Waals surface area (Å²) >= 11 is 1.92. The summed E-state index contributed by atoms with van der Waals surface area (Å²) in [5, 5.41) is 0. The van der Waals surface area contributed by atoms with Gasteiger partial charge in [-0.2, -0.15) is 0 Å². The van der Waals surface area contributed by atoms with Crippen LogP contribution in [-0.2, 0) is 0 Å². The van der Waals surface area contributed by atoms with Crippen molar-refractivity contribution in [2.24, 2.45) is 0 Å². The molecule has 0 aliphatic heterocycles. The fraction of sp³-hybridized carbons (Fsp3) is 0.625. The highest BCUT2D eigenvalue weighted by Gasteiger charge is 2.20. The Hall–Kier alpha value is -2.40. The highest BCUT2D eigenvalue weighted by atomic mass is 32.2. The van der Waals surface area contributed by atoms with E-state index in [9.17, 15) is 4.79 Å². The second-order valence-corrected chi connectivity index (χ2v) is 13.0. The van der Waals surface area contributed by atoms with Crippen LogP contribution in [0.2, 0.25) is 0 Å². The Kier molecular flexibility index (Phi) is 22.2. The Bertz CT molecular complexity index is 1060. The molecule has 2 rings (SSSR count). The minimum Gasteiger partial charge on any atom is -0.490 e. The lowest BCUT2D eigenvalue weighted by molar-refractivity contribution is 0.104. The van der Waals surface area contributed by atoms with Gasteiger partial charge in [-0.3, -0.25) is 4.79 Å². The molecular formula is C40H62O4S. The molecule has 0 aliphatic rings. The molecule has 2 aromatic rings. The maximum atomic E-state index is 13.1. The first-order valence-electron chi connectivity index (χ1n) is 18.1. The van der Waals surface area contributed by atoms with Crippen molar-refractivity contribution in [2.45, 2.75) is 142 Å². The second-order valence-electron chi connectivity index (χ2n) is 11.8. The molecule has 0 saturated heterocycles. The van der Waals surface area contributed by atoms with Gasteiger partial charge in [-0.15, -0.1) is 11.8 Å². The second kappa shape index (κ2) is 25.8. The molecule has 0 atom stereocenters. The lowest BCUT2D eigenvalue weighted by Crippen LogP contribution is -2.07. The van der Waals surface area contributed by atoms with E-state index in [0.717, 1.165) is 11.3 Å². The standard InChI is InChI=1S/C40H62O4S/c1-5-9-10-11-12-13-14-15-16-17-18-19-20-21-22-23-24-33-45-35-28-25-34(26-29-35)27-31-37(41)36-30-32-38(42-6-2)40(44-8-4)39(36)43-7-3/h25-32H,5-24,33H2,1-4H3/b31-27+. The number of carbonyl (C=O) groups excluding carboxylic acids is 1. The van der Waals surface area contributed by atoms with Gasteiger partial charge in [0.25, 0.3) is 0 Å². The van der Waals surface area contributed by atoms with Gasteiger partial charge >= 0.3 is 0 Å². The third kappa shape index (κ3) is 16.6. The zero-order valence-corrected chi connectivity index (χ0v) is 29.8. The maximum Gasteiger partial charge on any atom is 0.204 e. The molecule has 0 N–H and O–H groups in total. The Labute approximate surface area is 280 Å². The molecule has 0 heterocycles. The summed E-state index contributed by atoms with van der Waals surface area (Å²) in [4.78, 5) is 14.4. The lowest BCUT2D eigenvalue weighted by atomic mass is 10.0. The summed E-state index contributed by atoms with van der Waals surface area (Å²) in [5.74, 6) is 2.55. The van der Waals surface area contributed by atoms with Crippen LogP contribution in [0.25, 0.3) is 6.08 Å². The van der Waals surface area contributed by atoms with E-state index in [4.69, 9.17) is 14.2 Å². The molecule has 0 aromatic heterocycles. The van der Waals surface area contributed by atoms with E-state index in [1.165, 1.54) is 114 Å². The maximum absolute atomic E-state index is 13.1. The number of benzene rings is 2. The Morgan fingerprint density at radius 3 is 1.58 bits per heavy atom. The first kappa shape index (κ1) is 38.8. The van der Waals surface area contributed by atoms with Gasteiger partial charge in [-0.05, 0) is 68.8 Å². The quantitative estimate of drug-likeness (QED) is 0.0401. The number of hydrogen-bond acceptors (Lipinski definition) is 5. The number of carbonyl (C=O) groups is 1. The minimum atomic E-state index is -0.125. The SMILES string of the molecule is CCCCCCCCCCCCCCCCCCCSc1ccc(/C=C/C(=O)c2ccc(OCC)c(OCC)c2OCC)cc1. The molecule has 0 unspecified atom stereocenters. The van der Waals surface area contributed by atoms with Gasteiger partial charge in [0, 0.05) is 4.90 Å². The van der Waals surface area contributed by atoms with Gasteiger partial charge in [0.05, 0.1) is 25.4 Å². The van der Waals surface area contributed by atoms with Gasteiger partial charge in [0.15, 0.2) is 17.3 Å². The first-order valence-corrected chi connectivity index (χ1v) is 19.1. The van der Waals surface area contributed by atoms with Crippen LogP contribution < -0.4 is 14.2 Å². The van der Waals surface area contributed by atoms with Crippen molar-refractivity contribution < 1.29 is 19.0 Å². The molecule has 4 nitrogen and oxygen atoms in total. The fourth-order valence-corrected chi connectivity index (χ4v) is 6.44. The Balaban J connectivity index is 1.60. The number of ether oxygens (including phenoxy) is 3. The largest absolute Gasteiger partial charge is 0.490 e. The highest BCUT2D eigenvalue weighted by Crippen LogP contribution is 2.41. The van der Waals surface area contributed by atoms with E-state index in [2.05, 4.69) is 31.2 Å². The van der Waals surface area contributed by atoms with Crippen LogP contribution in [0.5, 0.6) is 17.2 Å². The van der Waals surface area contributed by atoms with Crippen molar-refractivity contribution in [3.63, 3.8) is 0 Å². The number of unbranched alkanes of at least 4 members (excludes halogenated alkanes) is 16. The van der Waals surface area contributed by atoms with E-state index < -0.39 is 0 Å². The summed E-state index contributed by atoms with van der Waals surface area (Å²) in [6, 6.07) is 12.0. The van der Waals surface area contributed by atoms with Crippen LogP contribution in [0.15, 0.2) is 47.4 Å². The van der Waals surface area contributed by atoms with Gasteiger partial charge < -0.3 is 14.2 Å². The summed E-state index contributed by atoms with van der Waals surface area (Å²) < 4.78 is 17.4. The van der Waals surface area contributed by atoms with Crippen LogP contribution in [0, 0.1) is 0 Å². The zero-order valence-electron chi connectivity index (χ0n) is 29.0. The molecule has 2 aromatic carbocycles. The normalized spacial score (nSPS) is 11.3. The summed E-state index contributed by atoms with van der Waals surface area (Å²) in [6.45, 7) is 9.41. The van der Waals surface area contributed by atoms with Crippen molar-refractivity contribution in [2.75, 3.05) is 25.6 Å². The van der Waals surface area contributed by atoms with Gasteiger partial charge in [0.1, 0.15) is 0 Å². The molecule has 45 heavy (non-hydrogen) atoms. The number of rotatable bonds is 28. The third-order valence-electron chi connectivity index (χ3n) is 8.04. The topological polar surface area (TPSA) is 44.8 Å². The monoisotopic (exact) mass is 638 g/mol. The predicted molar refractivity (Wildman–Crippen MR) is 195 cm³/mol. The minimum absolute atomic E-state index is 0.125. The van der Waals surface area contributed by atoms with E-state index >= 15 is 0 Å². The molecule has 0 amide bonds. The van der Waals surface area contributed by atoms with Gasteiger partial charge in [-0.1, -0.05) is 128 Å². The highest BCUT2D eigenvalue weighted by molar-refractivity contribution is 7.99. The Morgan fingerprint density at radius 2 is 1.07 bits per heavy atom. The van der Waals surface area contributed by atoms with Crippen molar-refractivity contribution >= 4 is 23.6 Å². The first-order chi connectivity index (χ1) is 22.1. The Morgan fingerprint density at radius 1 is 0.578 bits per heavy atom. The van der Waals surface area contributed by atoms with E-state index in [1.54, 1.807) is 18.2 Å². The molecule has 0 aliphatic carbocycles. The molecule has 0 spiro atoms. The van der Waals surface area contributed by atoms with Crippen LogP contribution >= 0.6 is 11.8 Å². The molecule has 0 saturated carbocycles. The van der Waals surface area contributed by atoms with Crippen LogP contribution in [0.1, 0.15) is 153 Å². The smallest absolute Gasteiger partial charge is 0.204 e. The summed E-state index contributed by atoms with van der Waals surface area (Å²) in [5.41, 5.74) is 1.47. The van der Waals surface area contributed by atoms with Gasteiger partial charge in [-0.25, -0.2) is 0 Å². The van der Waals surface area contributed by atoms with E-state index in [-0.39, 0.29) is 5.78 Å². The summed E-state index contributed by atoms with van der Waals surface area (Å²) in [6.07, 6.45) is 27.4. The van der Waals surface area contributed by atoms with Gasteiger partial charge in [0.2, 0.25) is 5.75 Å². The number of ketones is 1. The molecule has 0 fully saturated rings. The van der Waals surface area contributed by atoms with Crippen LogP contribution in [0.4, 0.5) is 0 Å². The van der Waals surface area contributed by atoms with Crippen molar-refractivity contribution in [3.8, 4) is 17.2 Å². The average Bonchev–Trinajstić information content (AvgIpc) is 3.05. The number of hydrogen-bond donors (Lipinski definition) is 0. The average molecular weight is 639 g/mol. The fourth-order valence-electron chi connectivity index (χ4n) is 5.53. The lowest BCUT2D eigenvalue weighted by Gasteiger charge is -2.17. The van der Waals surface area contributed by atoms with Crippen molar-refractivity contribution in [1.29, 1.82) is 0 Å². The number of thioether (sulfide) groups is 1. The van der Waals surface area contributed by atoms with Crippen molar-refractivity contribution in [3.05, 3.63) is 53.6 Å². The predicted octanol–water partition coefficient (Wildman–Crippen LogP) is 12.5. The molecule has 5 heteroatoms. The van der Waals surface area contributed by atoms with Crippen LogP contribution in [-0.4, -0.2) is 31.4 Å². The van der Waals surface area contributed by atoms with Crippen molar-refractivity contribution in [1.82, 2.24) is 0 Å². The molecule has 0 radical (unpaired) electrons. The van der Waals surface area contributed by atoms with Crippen LogP contribution in [0.3, 0.4) is 0 Å².